The van der Waals surface area contributed by atoms with Crippen molar-refractivity contribution in [2.45, 2.75) is 6.54 Å². The highest BCUT2D eigenvalue weighted by atomic mass is 79.9. The molecular formula is C13H12BrN3O2. The Morgan fingerprint density at radius 3 is 2.89 bits per heavy atom. The summed E-state index contributed by atoms with van der Waals surface area (Å²) in [6.45, 7) is 0.398. The van der Waals surface area contributed by atoms with Gasteiger partial charge in [-0.3, -0.25) is 4.79 Å². The van der Waals surface area contributed by atoms with E-state index in [1.165, 1.54) is 0 Å². The van der Waals surface area contributed by atoms with Gasteiger partial charge in [0.25, 0.3) is 5.91 Å². The number of aromatic nitrogens is 2. The van der Waals surface area contributed by atoms with Gasteiger partial charge in [0.2, 0.25) is 5.88 Å². The third-order valence-electron chi connectivity index (χ3n) is 2.42. The Bertz CT molecular complexity index is 572. The number of pyridine rings is 2. The highest BCUT2D eigenvalue weighted by molar-refractivity contribution is 9.10. The predicted molar refractivity (Wildman–Crippen MR) is 73.9 cm³/mol. The van der Waals surface area contributed by atoms with E-state index < -0.39 is 0 Å². The number of rotatable bonds is 4. The van der Waals surface area contributed by atoms with Gasteiger partial charge in [-0.2, -0.15) is 0 Å². The smallest absolute Gasteiger partial charge is 0.270 e. The van der Waals surface area contributed by atoms with Gasteiger partial charge >= 0.3 is 0 Å². The molecule has 2 aromatic rings. The summed E-state index contributed by atoms with van der Waals surface area (Å²) in [6.07, 6.45) is 3.22. The fourth-order valence-corrected chi connectivity index (χ4v) is 1.69. The monoisotopic (exact) mass is 321 g/mol. The normalized spacial score (nSPS) is 10.0. The Labute approximate surface area is 119 Å². The zero-order chi connectivity index (χ0) is 13.7. The van der Waals surface area contributed by atoms with Crippen LogP contribution in [-0.4, -0.2) is 23.0 Å². The van der Waals surface area contributed by atoms with E-state index in [2.05, 4.69) is 31.2 Å². The third kappa shape index (κ3) is 3.75. The summed E-state index contributed by atoms with van der Waals surface area (Å²) in [5.74, 6) is 0.303. The first-order valence-electron chi connectivity index (χ1n) is 5.57. The molecule has 0 atom stereocenters. The number of hydrogen-bond acceptors (Lipinski definition) is 4. The molecule has 2 aromatic heterocycles. The van der Waals surface area contributed by atoms with E-state index in [4.69, 9.17) is 4.74 Å². The third-order valence-corrected chi connectivity index (χ3v) is 2.89. The van der Waals surface area contributed by atoms with E-state index >= 15 is 0 Å². The largest absolute Gasteiger partial charge is 0.481 e. The van der Waals surface area contributed by atoms with Gasteiger partial charge in [-0.1, -0.05) is 0 Å². The molecule has 0 aliphatic carbocycles. The minimum atomic E-state index is -0.219. The van der Waals surface area contributed by atoms with Crippen LogP contribution in [0.5, 0.6) is 5.88 Å². The van der Waals surface area contributed by atoms with Crippen molar-refractivity contribution >= 4 is 21.8 Å². The summed E-state index contributed by atoms with van der Waals surface area (Å²) >= 11 is 3.27. The molecule has 0 aromatic carbocycles. The van der Waals surface area contributed by atoms with Gasteiger partial charge in [0, 0.05) is 29.5 Å². The topological polar surface area (TPSA) is 64.1 Å². The van der Waals surface area contributed by atoms with Crippen LogP contribution < -0.4 is 10.1 Å². The first-order valence-corrected chi connectivity index (χ1v) is 6.37. The molecule has 1 N–H and O–H groups in total. The molecule has 2 rings (SSSR count). The first kappa shape index (κ1) is 13.5. The van der Waals surface area contributed by atoms with Crippen molar-refractivity contribution in [1.82, 2.24) is 15.3 Å². The van der Waals surface area contributed by atoms with E-state index in [-0.39, 0.29) is 5.91 Å². The molecule has 0 saturated heterocycles. The van der Waals surface area contributed by atoms with E-state index in [9.17, 15) is 4.79 Å². The van der Waals surface area contributed by atoms with Crippen LogP contribution in [0, 0.1) is 0 Å². The second kappa shape index (κ2) is 6.29. The molecule has 98 valence electrons. The van der Waals surface area contributed by atoms with Gasteiger partial charge in [0.05, 0.1) is 7.11 Å². The van der Waals surface area contributed by atoms with Crippen molar-refractivity contribution in [1.29, 1.82) is 0 Å². The van der Waals surface area contributed by atoms with Crippen LogP contribution in [0.25, 0.3) is 0 Å². The standard InChI is InChI=1S/C13H12BrN3O2/c1-19-12-6-9(4-5-15-12)7-17-13(18)11-3-2-10(14)8-16-11/h2-6,8H,7H2,1H3,(H,17,18). The van der Waals surface area contributed by atoms with Gasteiger partial charge in [-0.15, -0.1) is 0 Å². The fourth-order valence-electron chi connectivity index (χ4n) is 1.46. The second-order valence-electron chi connectivity index (χ2n) is 3.75. The molecule has 5 nitrogen and oxygen atoms in total. The summed E-state index contributed by atoms with van der Waals surface area (Å²) in [4.78, 5) is 19.9. The maximum Gasteiger partial charge on any atom is 0.270 e. The highest BCUT2D eigenvalue weighted by Gasteiger charge is 2.06. The first-order chi connectivity index (χ1) is 9.19. The van der Waals surface area contributed by atoms with Crippen LogP contribution in [-0.2, 0) is 6.54 Å². The van der Waals surface area contributed by atoms with Crippen molar-refractivity contribution in [2.75, 3.05) is 7.11 Å². The lowest BCUT2D eigenvalue weighted by Crippen LogP contribution is -2.23. The zero-order valence-electron chi connectivity index (χ0n) is 10.3. The number of nitrogens with zero attached hydrogens (tertiary/aromatic N) is 2. The zero-order valence-corrected chi connectivity index (χ0v) is 11.8. The van der Waals surface area contributed by atoms with Crippen LogP contribution in [0.2, 0.25) is 0 Å². The summed E-state index contributed by atoms with van der Waals surface area (Å²) in [7, 11) is 1.55. The molecule has 0 aliphatic rings. The number of hydrogen-bond donors (Lipinski definition) is 1. The Morgan fingerprint density at radius 1 is 1.37 bits per heavy atom. The van der Waals surface area contributed by atoms with Crippen molar-refractivity contribution < 1.29 is 9.53 Å². The molecule has 6 heteroatoms. The van der Waals surface area contributed by atoms with E-state index in [1.807, 2.05) is 6.07 Å². The van der Waals surface area contributed by atoms with E-state index in [0.717, 1.165) is 10.0 Å². The molecule has 0 radical (unpaired) electrons. The van der Waals surface area contributed by atoms with Crippen LogP contribution >= 0.6 is 15.9 Å². The quantitative estimate of drug-likeness (QED) is 0.937. The number of halogens is 1. The fraction of sp³-hybridized carbons (Fsp3) is 0.154. The van der Waals surface area contributed by atoms with Gasteiger partial charge in [-0.25, -0.2) is 9.97 Å². The summed E-state index contributed by atoms with van der Waals surface area (Å²) < 4.78 is 5.85. The maximum atomic E-state index is 11.8. The summed E-state index contributed by atoms with van der Waals surface area (Å²) in [5, 5.41) is 2.79. The molecule has 0 unspecified atom stereocenters. The number of nitrogens with one attached hydrogen (secondary N) is 1. The molecule has 2 heterocycles. The molecule has 0 saturated carbocycles. The van der Waals surface area contributed by atoms with Crippen LogP contribution in [0.4, 0.5) is 0 Å². The lowest BCUT2D eigenvalue weighted by Gasteiger charge is -2.06. The van der Waals surface area contributed by atoms with Gasteiger partial charge in [0.1, 0.15) is 5.69 Å². The highest BCUT2D eigenvalue weighted by Crippen LogP contribution is 2.09. The lowest BCUT2D eigenvalue weighted by molar-refractivity contribution is 0.0946. The predicted octanol–water partition coefficient (Wildman–Crippen LogP) is 2.18. The van der Waals surface area contributed by atoms with Crippen molar-refractivity contribution in [2.24, 2.45) is 0 Å². The average molecular weight is 322 g/mol. The molecule has 1 amide bonds. The Balaban J connectivity index is 1.98. The van der Waals surface area contributed by atoms with Gasteiger partial charge < -0.3 is 10.1 Å². The van der Waals surface area contributed by atoms with E-state index in [0.29, 0.717) is 18.1 Å². The number of ether oxygens (including phenoxy) is 1. The minimum absolute atomic E-state index is 0.219. The molecular weight excluding hydrogens is 310 g/mol. The van der Waals surface area contributed by atoms with Crippen LogP contribution in [0.15, 0.2) is 41.1 Å². The molecule has 0 bridgehead atoms. The Kier molecular flexibility index (Phi) is 4.46. The Morgan fingerprint density at radius 2 is 2.21 bits per heavy atom. The summed E-state index contributed by atoms with van der Waals surface area (Å²) in [6, 6.07) is 7.02. The SMILES string of the molecule is COc1cc(CNC(=O)c2ccc(Br)cn2)ccn1. The number of carbonyl (C=O) groups excluding carboxylic acids is 1. The van der Waals surface area contributed by atoms with Gasteiger partial charge in [-0.05, 0) is 39.7 Å². The van der Waals surface area contributed by atoms with E-state index in [1.54, 1.807) is 37.7 Å². The number of methoxy groups -OCH3 is 1. The second-order valence-corrected chi connectivity index (χ2v) is 4.67. The lowest BCUT2D eigenvalue weighted by atomic mass is 10.2. The van der Waals surface area contributed by atoms with Crippen LogP contribution in [0.1, 0.15) is 16.1 Å². The molecule has 0 aliphatic heterocycles. The number of carbonyl (C=O) groups is 1. The van der Waals surface area contributed by atoms with Crippen LogP contribution in [0.3, 0.4) is 0 Å². The Hall–Kier alpha value is -1.95. The van der Waals surface area contributed by atoms with Crippen molar-refractivity contribution in [3.8, 4) is 5.88 Å². The minimum Gasteiger partial charge on any atom is -0.481 e. The average Bonchev–Trinajstić information content (AvgIpc) is 2.46. The maximum absolute atomic E-state index is 11.8. The van der Waals surface area contributed by atoms with Gasteiger partial charge in [0.15, 0.2) is 0 Å². The van der Waals surface area contributed by atoms with Crippen molar-refractivity contribution in [3.63, 3.8) is 0 Å². The number of amides is 1. The molecule has 19 heavy (non-hydrogen) atoms. The molecule has 0 spiro atoms. The summed E-state index contributed by atoms with van der Waals surface area (Å²) in [5.41, 5.74) is 1.29. The van der Waals surface area contributed by atoms with Crippen molar-refractivity contribution in [3.05, 3.63) is 52.4 Å². The molecule has 0 fully saturated rings.